The molecule has 0 saturated heterocycles. The SMILES string of the molecule is ClCc1cccc(Br)c1Br. The predicted molar refractivity (Wildman–Crippen MR) is 51.4 cm³/mol. The van der Waals surface area contributed by atoms with Crippen LogP contribution in [0.25, 0.3) is 0 Å². The van der Waals surface area contributed by atoms with Gasteiger partial charge in [-0.25, -0.2) is 0 Å². The molecule has 0 aliphatic carbocycles. The first-order valence-corrected chi connectivity index (χ1v) is 4.86. The highest BCUT2D eigenvalue weighted by Gasteiger charge is 1.99. The van der Waals surface area contributed by atoms with E-state index in [1.54, 1.807) is 0 Å². The number of halogens is 3. The lowest BCUT2D eigenvalue weighted by molar-refractivity contribution is 1.35. The molecule has 0 aromatic heterocycles. The van der Waals surface area contributed by atoms with Gasteiger partial charge in [-0.05, 0) is 43.5 Å². The molecular weight excluding hydrogens is 279 g/mol. The Hall–Kier alpha value is 0.470. The van der Waals surface area contributed by atoms with Crippen LogP contribution in [0.5, 0.6) is 0 Å². The fourth-order valence-electron chi connectivity index (χ4n) is 0.652. The fraction of sp³-hybridized carbons (Fsp3) is 0.143. The molecule has 1 aromatic rings. The van der Waals surface area contributed by atoms with Crippen molar-refractivity contribution in [2.75, 3.05) is 0 Å². The summed E-state index contributed by atoms with van der Waals surface area (Å²) in [5.74, 6) is 0.542. The number of hydrogen-bond donors (Lipinski definition) is 0. The van der Waals surface area contributed by atoms with Crippen molar-refractivity contribution < 1.29 is 0 Å². The highest BCUT2D eigenvalue weighted by molar-refractivity contribution is 9.13. The normalized spacial score (nSPS) is 9.90. The molecule has 0 N–H and O–H groups in total. The monoisotopic (exact) mass is 282 g/mol. The molecule has 1 rings (SSSR count). The van der Waals surface area contributed by atoms with Crippen LogP contribution >= 0.6 is 43.5 Å². The molecule has 0 bridgehead atoms. The molecule has 0 atom stereocenters. The maximum Gasteiger partial charge on any atom is 0.0485 e. The van der Waals surface area contributed by atoms with Gasteiger partial charge in [0.1, 0.15) is 0 Å². The Labute approximate surface area is 81.8 Å². The average Bonchev–Trinajstić information content (AvgIpc) is 1.95. The van der Waals surface area contributed by atoms with Gasteiger partial charge >= 0.3 is 0 Å². The molecule has 0 heterocycles. The molecule has 0 fully saturated rings. The van der Waals surface area contributed by atoms with E-state index >= 15 is 0 Å². The van der Waals surface area contributed by atoms with E-state index in [0.717, 1.165) is 14.5 Å². The van der Waals surface area contributed by atoms with Crippen LogP contribution in [0.15, 0.2) is 27.1 Å². The molecule has 0 aliphatic rings. The Balaban J connectivity index is 3.14. The van der Waals surface area contributed by atoms with Crippen LogP contribution in [0.4, 0.5) is 0 Å². The Kier molecular flexibility index (Phi) is 3.21. The molecule has 3 heteroatoms. The maximum atomic E-state index is 5.65. The molecule has 54 valence electrons. The predicted octanol–water partition coefficient (Wildman–Crippen LogP) is 3.95. The summed E-state index contributed by atoms with van der Waals surface area (Å²) in [6.45, 7) is 0. The molecule has 0 radical (unpaired) electrons. The second-order valence-corrected chi connectivity index (χ2v) is 3.76. The summed E-state index contributed by atoms with van der Waals surface area (Å²) in [5.41, 5.74) is 1.11. The van der Waals surface area contributed by atoms with E-state index < -0.39 is 0 Å². The first-order valence-electron chi connectivity index (χ1n) is 2.74. The molecule has 0 spiro atoms. The van der Waals surface area contributed by atoms with Crippen LogP contribution in [0.1, 0.15) is 5.56 Å². The van der Waals surface area contributed by atoms with Crippen LogP contribution in [-0.2, 0) is 5.88 Å². The zero-order chi connectivity index (χ0) is 7.56. The molecule has 0 saturated carbocycles. The van der Waals surface area contributed by atoms with E-state index in [1.807, 2.05) is 18.2 Å². The summed E-state index contributed by atoms with van der Waals surface area (Å²) in [5, 5.41) is 0. The minimum Gasteiger partial charge on any atom is -0.122 e. The van der Waals surface area contributed by atoms with Crippen molar-refractivity contribution in [3.63, 3.8) is 0 Å². The van der Waals surface area contributed by atoms with Gasteiger partial charge < -0.3 is 0 Å². The van der Waals surface area contributed by atoms with Gasteiger partial charge in [-0.3, -0.25) is 0 Å². The van der Waals surface area contributed by atoms with Crippen molar-refractivity contribution in [1.29, 1.82) is 0 Å². The fourth-order valence-corrected chi connectivity index (χ4v) is 1.85. The lowest BCUT2D eigenvalue weighted by Gasteiger charge is -2.00. The highest BCUT2D eigenvalue weighted by atomic mass is 79.9. The van der Waals surface area contributed by atoms with Crippen molar-refractivity contribution in [3.8, 4) is 0 Å². The van der Waals surface area contributed by atoms with E-state index in [9.17, 15) is 0 Å². The topological polar surface area (TPSA) is 0 Å². The van der Waals surface area contributed by atoms with Gasteiger partial charge in [0.25, 0.3) is 0 Å². The standard InChI is InChI=1S/C7H5Br2Cl/c8-6-3-1-2-5(4-10)7(6)9/h1-3H,4H2. The highest BCUT2D eigenvalue weighted by Crippen LogP contribution is 2.27. The van der Waals surface area contributed by atoms with Crippen LogP contribution in [0.3, 0.4) is 0 Å². The largest absolute Gasteiger partial charge is 0.122 e. The lowest BCUT2D eigenvalue weighted by Crippen LogP contribution is -1.79. The molecular formula is C7H5Br2Cl. The summed E-state index contributed by atoms with van der Waals surface area (Å²) in [4.78, 5) is 0. The minimum absolute atomic E-state index is 0.542. The third-order valence-corrected chi connectivity index (χ3v) is 3.59. The van der Waals surface area contributed by atoms with Crippen LogP contribution in [-0.4, -0.2) is 0 Å². The maximum absolute atomic E-state index is 5.65. The zero-order valence-electron chi connectivity index (χ0n) is 5.07. The molecule has 1 aromatic carbocycles. The van der Waals surface area contributed by atoms with Crippen LogP contribution < -0.4 is 0 Å². The lowest BCUT2D eigenvalue weighted by atomic mass is 10.2. The van der Waals surface area contributed by atoms with Crippen molar-refractivity contribution in [2.24, 2.45) is 0 Å². The average molecular weight is 284 g/mol. The quantitative estimate of drug-likeness (QED) is 0.685. The van der Waals surface area contributed by atoms with E-state index in [2.05, 4.69) is 31.9 Å². The van der Waals surface area contributed by atoms with Gasteiger partial charge in [-0.15, -0.1) is 11.6 Å². The molecule has 10 heavy (non-hydrogen) atoms. The Morgan fingerprint density at radius 1 is 1.30 bits per heavy atom. The Bertz CT molecular complexity index is 235. The number of hydrogen-bond acceptors (Lipinski definition) is 0. The van der Waals surface area contributed by atoms with Crippen molar-refractivity contribution in [2.45, 2.75) is 5.88 Å². The van der Waals surface area contributed by atoms with Crippen molar-refractivity contribution in [3.05, 3.63) is 32.7 Å². The summed E-state index contributed by atoms with van der Waals surface area (Å²) in [7, 11) is 0. The van der Waals surface area contributed by atoms with Gasteiger partial charge in [-0.1, -0.05) is 12.1 Å². The first kappa shape index (κ1) is 8.57. The molecule has 0 amide bonds. The summed E-state index contributed by atoms with van der Waals surface area (Å²) >= 11 is 12.4. The third-order valence-electron chi connectivity index (χ3n) is 1.18. The Morgan fingerprint density at radius 2 is 2.00 bits per heavy atom. The van der Waals surface area contributed by atoms with Gasteiger partial charge in [0.05, 0.1) is 0 Å². The number of rotatable bonds is 1. The van der Waals surface area contributed by atoms with Gasteiger partial charge in [-0.2, -0.15) is 0 Å². The molecule has 0 aliphatic heterocycles. The second-order valence-electron chi connectivity index (χ2n) is 1.85. The van der Waals surface area contributed by atoms with Crippen LogP contribution in [0.2, 0.25) is 0 Å². The van der Waals surface area contributed by atoms with Gasteiger partial charge in [0.2, 0.25) is 0 Å². The van der Waals surface area contributed by atoms with Crippen molar-refractivity contribution >= 4 is 43.5 Å². The van der Waals surface area contributed by atoms with E-state index in [0.29, 0.717) is 5.88 Å². The van der Waals surface area contributed by atoms with Crippen LogP contribution in [0, 0.1) is 0 Å². The molecule has 0 nitrogen and oxygen atoms in total. The summed E-state index contributed by atoms with van der Waals surface area (Å²) < 4.78 is 2.09. The van der Waals surface area contributed by atoms with Gasteiger partial charge in [0, 0.05) is 14.8 Å². The minimum atomic E-state index is 0.542. The number of benzene rings is 1. The van der Waals surface area contributed by atoms with E-state index in [4.69, 9.17) is 11.6 Å². The van der Waals surface area contributed by atoms with E-state index in [1.165, 1.54) is 0 Å². The number of alkyl halides is 1. The Morgan fingerprint density at radius 3 is 2.50 bits per heavy atom. The van der Waals surface area contributed by atoms with Crippen molar-refractivity contribution in [1.82, 2.24) is 0 Å². The smallest absolute Gasteiger partial charge is 0.0485 e. The summed E-state index contributed by atoms with van der Waals surface area (Å²) in [6.07, 6.45) is 0. The zero-order valence-corrected chi connectivity index (χ0v) is 9.00. The summed E-state index contributed by atoms with van der Waals surface area (Å²) in [6, 6.07) is 5.93. The van der Waals surface area contributed by atoms with E-state index in [-0.39, 0.29) is 0 Å². The third kappa shape index (κ3) is 1.74. The first-order chi connectivity index (χ1) is 4.75. The van der Waals surface area contributed by atoms with Gasteiger partial charge in [0.15, 0.2) is 0 Å². The molecule has 0 unspecified atom stereocenters. The second kappa shape index (κ2) is 3.74.